The van der Waals surface area contributed by atoms with E-state index in [9.17, 15) is 9.18 Å². The predicted molar refractivity (Wildman–Crippen MR) is 146 cm³/mol. The number of amides is 1. The monoisotopic (exact) mass is 494 g/mol. The van der Waals surface area contributed by atoms with Gasteiger partial charge in [0.2, 0.25) is 0 Å². The van der Waals surface area contributed by atoms with Crippen molar-refractivity contribution in [3.05, 3.63) is 114 Å². The number of fused-ring (bicyclic) bond motifs is 1. The van der Waals surface area contributed by atoms with Crippen LogP contribution in [-0.4, -0.2) is 17.5 Å². The van der Waals surface area contributed by atoms with E-state index in [1.165, 1.54) is 23.5 Å². The van der Waals surface area contributed by atoms with Crippen molar-refractivity contribution in [3.8, 4) is 16.9 Å². The van der Waals surface area contributed by atoms with Crippen molar-refractivity contribution in [1.82, 2.24) is 4.98 Å². The summed E-state index contributed by atoms with van der Waals surface area (Å²) in [6, 6.07) is 29.6. The molecule has 1 amide bonds. The molecular formula is C30H23FN2O2S. The van der Waals surface area contributed by atoms with Crippen molar-refractivity contribution < 1.29 is 13.9 Å². The van der Waals surface area contributed by atoms with Crippen LogP contribution >= 0.6 is 11.3 Å². The second-order valence-electron chi connectivity index (χ2n) is 8.09. The summed E-state index contributed by atoms with van der Waals surface area (Å²) >= 11 is 1.39. The summed E-state index contributed by atoms with van der Waals surface area (Å²) in [5, 5.41) is 3.44. The molecule has 0 aliphatic heterocycles. The number of halogens is 1. The molecule has 0 unspecified atom stereocenters. The molecule has 0 aliphatic carbocycles. The number of benzene rings is 4. The van der Waals surface area contributed by atoms with E-state index in [1.54, 1.807) is 18.2 Å². The Morgan fingerprint density at radius 1 is 0.944 bits per heavy atom. The van der Waals surface area contributed by atoms with Gasteiger partial charge >= 0.3 is 0 Å². The van der Waals surface area contributed by atoms with Gasteiger partial charge in [0, 0.05) is 5.57 Å². The number of aromatic nitrogens is 1. The normalized spacial score (nSPS) is 11.4. The number of nitrogens with one attached hydrogen (secondary N) is 1. The zero-order valence-electron chi connectivity index (χ0n) is 19.6. The number of rotatable bonds is 7. The van der Waals surface area contributed by atoms with Crippen LogP contribution in [0.3, 0.4) is 0 Å². The molecule has 5 rings (SSSR count). The highest BCUT2D eigenvalue weighted by molar-refractivity contribution is 7.22. The summed E-state index contributed by atoms with van der Waals surface area (Å²) in [6.45, 7) is 2.51. The number of carbonyl (C=O) groups is 1. The maximum atomic E-state index is 13.5. The fourth-order valence-corrected chi connectivity index (χ4v) is 4.75. The Kier molecular flexibility index (Phi) is 6.87. The SMILES string of the molecule is CCOc1ccc2nc(NC(=O)/C(=C/c3ccc(F)cc3)c3ccc(-c4ccccc4)cc3)sc2c1. The standard InChI is InChI=1S/C30H23FN2O2S/c1-2-35-25-16-17-27-28(19-25)36-30(32-27)33-29(34)26(18-20-8-14-24(31)15-9-20)23-12-10-22(11-13-23)21-6-4-3-5-7-21/h3-19H,2H2,1H3,(H,32,33,34)/b26-18+. The van der Waals surface area contributed by atoms with Gasteiger partial charge in [-0.25, -0.2) is 9.37 Å². The third-order valence-corrected chi connectivity index (χ3v) is 6.55. The van der Waals surface area contributed by atoms with Gasteiger partial charge in [0.05, 0.1) is 16.8 Å². The molecule has 1 aromatic heterocycles. The van der Waals surface area contributed by atoms with Crippen molar-refractivity contribution in [2.45, 2.75) is 6.92 Å². The molecule has 0 radical (unpaired) electrons. The van der Waals surface area contributed by atoms with Crippen molar-refractivity contribution >= 4 is 44.2 Å². The second kappa shape index (κ2) is 10.5. The van der Waals surface area contributed by atoms with E-state index in [1.807, 2.05) is 79.7 Å². The average molecular weight is 495 g/mol. The highest BCUT2D eigenvalue weighted by Crippen LogP contribution is 2.31. The van der Waals surface area contributed by atoms with Gasteiger partial charge in [-0.1, -0.05) is 78.1 Å². The lowest BCUT2D eigenvalue weighted by Gasteiger charge is -2.10. The number of nitrogens with zero attached hydrogens (tertiary/aromatic N) is 1. The molecule has 178 valence electrons. The molecular weight excluding hydrogens is 471 g/mol. The minimum Gasteiger partial charge on any atom is -0.494 e. The Morgan fingerprint density at radius 3 is 2.39 bits per heavy atom. The van der Waals surface area contributed by atoms with Gasteiger partial charge in [0.25, 0.3) is 5.91 Å². The fourth-order valence-electron chi connectivity index (χ4n) is 3.86. The Labute approximate surface area is 212 Å². The van der Waals surface area contributed by atoms with Crippen LogP contribution in [0.4, 0.5) is 9.52 Å². The van der Waals surface area contributed by atoms with Crippen LogP contribution in [0.15, 0.2) is 97.1 Å². The molecule has 0 saturated carbocycles. The Hall–Kier alpha value is -4.29. The van der Waals surface area contributed by atoms with E-state index in [0.29, 0.717) is 17.3 Å². The number of thiazole rings is 1. The van der Waals surface area contributed by atoms with Crippen molar-refractivity contribution in [1.29, 1.82) is 0 Å². The quantitative estimate of drug-likeness (QED) is 0.186. The zero-order chi connectivity index (χ0) is 24.9. The molecule has 0 aliphatic rings. The van der Waals surface area contributed by atoms with E-state index in [4.69, 9.17) is 4.74 Å². The molecule has 1 N–H and O–H groups in total. The van der Waals surface area contributed by atoms with Crippen LogP contribution in [0.5, 0.6) is 5.75 Å². The topological polar surface area (TPSA) is 51.2 Å². The number of carbonyl (C=O) groups excluding carboxylic acids is 1. The third-order valence-electron chi connectivity index (χ3n) is 5.62. The van der Waals surface area contributed by atoms with Gasteiger partial charge in [-0.3, -0.25) is 10.1 Å². The highest BCUT2D eigenvalue weighted by Gasteiger charge is 2.16. The maximum Gasteiger partial charge on any atom is 0.258 e. The van der Waals surface area contributed by atoms with Gasteiger partial charge in [0.1, 0.15) is 11.6 Å². The summed E-state index contributed by atoms with van der Waals surface area (Å²) in [4.78, 5) is 18.0. The zero-order valence-corrected chi connectivity index (χ0v) is 20.4. The van der Waals surface area contributed by atoms with Crippen molar-refractivity contribution in [3.63, 3.8) is 0 Å². The molecule has 0 bridgehead atoms. The lowest BCUT2D eigenvalue weighted by molar-refractivity contribution is -0.111. The van der Waals surface area contributed by atoms with Gasteiger partial charge < -0.3 is 4.74 Å². The van der Waals surface area contributed by atoms with E-state index in [-0.39, 0.29) is 11.7 Å². The molecule has 4 nitrogen and oxygen atoms in total. The molecule has 6 heteroatoms. The first-order chi connectivity index (χ1) is 17.6. The van der Waals surface area contributed by atoms with E-state index in [2.05, 4.69) is 10.3 Å². The highest BCUT2D eigenvalue weighted by atomic mass is 32.1. The molecule has 0 fully saturated rings. The van der Waals surface area contributed by atoms with Gasteiger partial charge in [-0.05, 0) is 65.6 Å². The maximum absolute atomic E-state index is 13.5. The number of anilines is 1. The fraction of sp³-hybridized carbons (Fsp3) is 0.0667. The Balaban J connectivity index is 1.47. The van der Waals surface area contributed by atoms with Crippen LogP contribution in [0, 0.1) is 5.82 Å². The number of hydrogen-bond donors (Lipinski definition) is 1. The largest absolute Gasteiger partial charge is 0.494 e. The summed E-state index contributed by atoms with van der Waals surface area (Å²) in [6.07, 6.45) is 1.76. The van der Waals surface area contributed by atoms with Crippen LogP contribution in [-0.2, 0) is 4.79 Å². The average Bonchev–Trinajstić information content (AvgIpc) is 3.30. The first-order valence-corrected chi connectivity index (χ1v) is 12.4. The van der Waals surface area contributed by atoms with E-state index < -0.39 is 0 Å². The third kappa shape index (κ3) is 5.34. The summed E-state index contributed by atoms with van der Waals surface area (Å²) < 4.78 is 20.0. The van der Waals surface area contributed by atoms with Gasteiger partial charge in [0.15, 0.2) is 5.13 Å². The Bertz CT molecular complexity index is 1530. The van der Waals surface area contributed by atoms with Gasteiger partial charge in [-0.15, -0.1) is 0 Å². The predicted octanol–water partition coefficient (Wildman–Crippen LogP) is 7.68. The first-order valence-electron chi connectivity index (χ1n) is 11.6. The lowest BCUT2D eigenvalue weighted by Crippen LogP contribution is -2.13. The molecule has 0 atom stereocenters. The van der Waals surface area contributed by atoms with E-state index >= 15 is 0 Å². The molecule has 0 saturated heterocycles. The van der Waals surface area contributed by atoms with Gasteiger partial charge in [-0.2, -0.15) is 0 Å². The number of ether oxygens (including phenoxy) is 1. The van der Waals surface area contributed by atoms with Crippen LogP contribution in [0.2, 0.25) is 0 Å². The molecule has 4 aromatic carbocycles. The van der Waals surface area contributed by atoms with Crippen LogP contribution < -0.4 is 10.1 Å². The van der Waals surface area contributed by atoms with Crippen molar-refractivity contribution in [2.24, 2.45) is 0 Å². The van der Waals surface area contributed by atoms with Crippen LogP contribution in [0.25, 0.3) is 33.0 Å². The minimum atomic E-state index is -0.328. The lowest BCUT2D eigenvalue weighted by atomic mass is 9.98. The van der Waals surface area contributed by atoms with E-state index in [0.717, 1.165) is 38.2 Å². The first kappa shape index (κ1) is 23.5. The summed E-state index contributed by atoms with van der Waals surface area (Å²) in [7, 11) is 0. The smallest absolute Gasteiger partial charge is 0.258 e. The molecule has 5 aromatic rings. The molecule has 36 heavy (non-hydrogen) atoms. The van der Waals surface area contributed by atoms with Crippen LogP contribution in [0.1, 0.15) is 18.1 Å². The molecule has 1 heterocycles. The Morgan fingerprint density at radius 2 is 1.67 bits per heavy atom. The van der Waals surface area contributed by atoms with Crippen molar-refractivity contribution in [2.75, 3.05) is 11.9 Å². The number of hydrogen-bond acceptors (Lipinski definition) is 4. The minimum absolute atomic E-state index is 0.295. The second-order valence-corrected chi connectivity index (χ2v) is 9.12. The summed E-state index contributed by atoms with van der Waals surface area (Å²) in [5.41, 5.74) is 4.86. The summed E-state index contributed by atoms with van der Waals surface area (Å²) in [5.74, 6) is 0.143. The molecule has 0 spiro atoms.